The molecule has 2 heteroatoms. The lowest BCUT2D eigenvalue weighted by Gasteiger charge is -2.20. The first kappa shape index (κ1) is 13.6. The van der Waals surface area contributed by atoms with Gasteiger partial charge in [0.1, 0.15) is 0 Å². The molecule has 0 saturated carbocycles. The molecule has 1 atom stereocenters. The van der Waals surface area contributed by atoms with Gasteiger partial charge in [-0.3, -0.25) is 4.90 Å². The highest BCUT2D eigenvalue weighted by Crippen LogP contribution is 2.12. The predicted molar refractivity (Wildman–Crippen MR) is 78.0 cm³/mol. The van der Waals surface area contributed by atoms with Gasteiger partial charge in [-0.05, 0) is 52.3 Å². The topological polar surface area (TPSA) is 15.3 Å². The Morgan fingerprint density at radius 1 is 1.39 bits per heavy atom. The van der Waals surface area contributed by atoms with Gasteiger partial charge in [-0.25, -0.2) is 0 Å². The van der Waals surface area contributed by atoms with Crippen LogP contribution in [0.2, 0.25) is 0 Å². The molecule has 1 aromatic rings. The van der Waals surface area contributed by atoms with Crippen molar-refractivity contribution in [2.45, 2.75) is 45.7 Å². The van der Waals surface area contributed by atoms with E-state index in [1.165, 1.54) is 30.6 Å². The monoisotopic (exact) mass is 246 g/mol. The van der Waals surface area contributed by atoms with Crippen LogP contribution in [0.5, 0.6) is 0 Å². The zero-order valence-electron chi connectivity index (χ0n) is 11.9. The molecular formula is C16H26N2. The van der Waals surface area contributed by atoms with Crippen LogP contribution in [0, 0.1) is 6.92 Å². The molecule has 1 fully saturated rings. The van der Waals surface area contributed by atoms with E-state index in [1.807, 2.05) is 0 Å². The summed E-state index contributed by atoms with van der Waals surface area (Å²) < 4.78 is 0. The second kappa shape index (κ2) is 6.35. The molecule has 0 aliphatic carbocycles. The van der Waals surface area contributed by atoms with Crippen molar-refractivity contribution in [2.75, 3.05) is 19.6 Å². The molecule has 0 radical (unpaired) electrons. The van der Waals surface area contributed by atoms with E-state index < -0.39 is 0 Å². The van der Waals surface area contributed by atoms with Crippen molar-refractivity contribution in [2.24, 2.45) is 0 Å². The molecule has 0 bridgehead atoms. The maximum atomic E-state index is 3.69. The van der Waals surface area contributed by atoms with Gasteiger partial charge in [0.05, 0.1) is 0 Å². The van der Waals surface area contributed by atoms with Crippen molar-refractivity contribution in [3.63, 3.8) is 0 Å². The molecule has 100 valence electrons. The summed E-state index contributed by atoms with van der Waals surface area (Å²) in [5.74, 6) is 0. The van der Waals surface area contributed by atoms with Crippen molar-refractivity contribution in [1.82, 2.24) is 10.2 Å². The van der Waals surface area contributed by atoms with Crippen molar-refractivity contribution in [3.05, 3.63) is 35.4 Å². The van der Waals surface area contributed by atoms with Gasteiger partial charge in [-0.1, -0.05) is 29.8 Å². The molecule has 1 aliphatic heterocycles. The Balaban J connectivity index is 1.70. The highest BCUT2D eigenvalue weighted by Gasteiger charge is 2.23. The minimum absolute atomic E-state index is 0.688. The summed E-state index contributed by atoms with van der Waals surface area (Å²) in [6.07, 6.45) is 2.44. The summed E-state index contributed by atoms with van der Waals surface area (Å²) in [5, 5.41) is 3.69. The Bertz CT molecular complexity index is 373. The van der Waals surface area contributed by atoms with Gasteiger partial charge < -0.3 is 5.32 Å². The number of benzene rings is 1. The lowest BCUT2D eigenvalue weighted by molar-refractivity contribution is 0.268. The Hall–Kier alpha value is -0.860. The highest BCUT2D eigenvalue weighted by molar-refractivity contribution is 5.22. The first-order valence-corrected chi connectivity index (χ1v) is 7.18. The third kappa shape index (κ3) is 3.82. The van der Waals surface area contributed by atoms with Crippen LogP contribution in [-0.4, -0.2) is 36.6 Å². The van der Waals surface area contributed by atoms with E-state index in [0.29, 0.717) is 12.1 Å². The van der Waals surface area contributed by atoms with E-state index in [0.717, 1.165) is 13.0 Å². The maximum Gasteiger partial charge on any atom is 0.0207 e. The van der Waals surface area contributed by atoms with Gasteiger partial charge in [0, 0.05) is 18.6 Å². The Labute approximate surface area is 111 Å². The number of likely N-dealkylation sites (tertiary alicyclic amines) is 1. The van der Waals surface area contributed by atoms with E-state index >= 15 is 0 Å². The van der Waals surface area contributed by atoms with Gasteiger partial charge in [0.15, 0.2) is 0 Å². The van der Waals surface area contributed by atoms with Gasteiger partial charge in [-0.2, -0.15) is 0 Å². The SMILES string of the molecule is Cc1cccc(CCNC2CCN(C(C)C)C2)c1. The molecule has 1 unspecified atom stereocenters. The van der Waals surface area contributed by atoms with Crippen LogP contribution >= 0.6 is 0 Å². The predicted octanol–water partition coefficient (Wildman–Crippen LogP) is 2.61. The van der Waals surface area contributed by atoms with Crippen molar-refractivity contribution in [1.29, 1.82) is 0 Å². The summed E-state index contributed by atoms with van der Waals surface area (Å²) in [6.45, 7) is 10.3. The van der Waals surface area contributed by atoms with E-state index in [9.17, 15) is 0 Å². The van der Waals surface area contributed by atoms with Gasteiger partial charge in [-0.15, -0.1) is 0 Å². The molecule has 1 aromatic carbocycles. The quantitative estimate of drug-likeness (QED) is 0.859. The zero-order chi connectivity index (χ0) is 13.0. The average Bonchev–Trinajstić information content (AvgIpc) is 2.78. The molecule has 0 spiro atoms. The molecule has 1 aliphatic rings. The smallest absolute Gasteiger partial charge is 0.0207 e. The molecule has 18 heavy (non-hydrogen) atoms. The fourth-order valence-electron chi connectivity index (χ4n) is 2.71. The number of nitrogens with one attached hydrogen (secondary N) is 1. The molecule has 0 aromatic heterocycles. The van der Waals surface area contributed by atoms with Crippen molar-refractivity contribution >= 4 is 0 Å². The van der Waals surface area contributed by atoms with E-state index in [2.05, 4.69) is 55.3 Å². The molecule has 0 amide bonds. The van der Waals surface area contributed by atoms with Crippen LogP contribution in [-0.2, 0) is 6.42 Å². The Kier molecular flexibility index (Phi) is 4.79. The standard InChI is InChI=1S/C16H26N2/c1-13(2)18-10-8-16(12-18)17-9-7-15-6-4-5-14(3)11-15/h4-6,11,13,16-17H,7-10,12H2,1-3H3. The maximum absolute atomic E-state index is 3.69. The zero-order valence-corrected chi connectivity index (χ0v) is 11.9. The first-order chi connectivity index (χ1) is 8.65. The first-order valence-electron chi connectivity index (χ1n) is 7.18. The summed E-state index contributed by atoms with van der Waals surface area (Å²) in [6, 6.07) is 10.2. The number of hydrogen-bond donors (Lipinski definition) is 1. The van der Waals surface area contributed by atoms with Gasteiger partial charge >= 0.3 is 0 Å². The molecule has 2 nitrogen and oxygen atoms in total. The summed E-state index contributed by atoms with van der Waals surface area (Å²) in [5.41, 5.74) is 2.81. The minimum Gasteiger partial charge on any atom is -0.312 e. The van der Waals surface area contributed by atoms with Crippen LogP contribution in [0.3, 0.4) is 0 Å². The van der Waals surface area contributed by atoms with E-state index in [4.69, 9.17) is 0 Å². The summed E-state index contributed by atoms with van der Waals surface area (Å²) >= 11 is 0. The van der Waals surface area contributed by atoms with E-state index in [1.54, 1.807) is 0 Å². The average molecular weight is 246 g/mol. The lowest BCUT2D eigenvalue weighted by Crippen LogP contribution is -2.36. The van der Waals surface area contributed by atoms with Crippen molar-refractivity contribution < 1.29 is 0 Å². The number of nitrogens with zero attached hydrogens (tertiary/aromatic N) is 1. The third-order valence-corrected chi connectivity index (χ3v) is 3.88. The van der Waals surface area contributed by atoms with Crippen LogP contribution in [0.1, 0.15) is 31.4 Å². The normalized spacial score (nSPS) is 20.8. The minimum atomic E-state index is 0.688. The highest BCUT2D eigenvalue weighted by atomic mass is 15.2. The molecule has 1 heterocycles. The van der Waals surface area contributed by atoms with Crippen LogP contribution in [0.15, 0.2) is 24.3 Å². The summed E-state index contributed by atoms with van der Waals surface area (Å²) in [7, 11) is 0. The Morgan fingerprint density at radius 2 is 2.22 bits per heavy atom. The third-order valence-electron chi connectivity index (χ3n) is 3.88. The fraction of sp³-hybridized carbons (Fsp3) is 0.625. The molecular weight excluding hydrogens is 220 g/mol. The Morgan fingerprint density at radius 3 is 2.89 bits per heavy atom. The number of rotatable bonds is 5. The second-order valence-electron chi connectivity index (χ2n) is 5.77. The largest absolute Gasteiger partial charge is 0.312 e. The van der Waals surface area contributed by atoms with Crippen LogP contribution in [0.4, 0.5) is 0 Å². The van der Waals surface area contributed by atoms with Crippen LogP contribution < -0.4 is 5.32 Å². The molecule has 1 saturated heterocycles. The lowest BCUT2D eigenvalue weighted by atomic mass is 10.1. The van der Waals surface area contributed by atoms with Crippen LogP contribution in [0.25, 0.3) is 0 Å². The van der Waals surface area contributed by atoms with E-state index in [-0.39, 0.29) is 0 Å². The fourth-order valence-corrected chi connectivity index (χ4v) is 2.71. The number of hydrogen-bond acceptors (Lipinski definition) is 2. The number of aryl methyl sites for hydroxylation is 1. The summed E-state index contributed by atoms with van der Waals surface area (Å²) in [4.78, 5) is 2.56. The molecule has 1 N–H and O–H groups in total. The molecule has 2 rings (SSSR count). The van der Waals surface area contributed by atoms with Gasteiger partial charge in [0.25, 0.3) is 0 Å². The van der Waals surface area contributed by atoms with Crippen molar-refractivity contribution in [3.8, 4) is 0 Å². The second-order valence-corrected chi connectivity index (χ2v) is 5.77. The van der Waals surface area contributed by atoms with Gasteiger partial charge in [0.2, 0.25) is 0 Å².